The maximum Gasteiger partial charge on any atom is 0.244 e. The van der Waals surface area contributed by atoms with Gasteiger partial charge in [0.05, 0.1) is 15.3 Å². The molecule has 0 amide bonds. The zero-order valence-electron chi connectivity index (χ0n) is 11.4. The highest BCUT2D eigenvalue weighted by molar-refractivity contribution is 9.11. The van der Waals surface area contributed by atoms with E-state index in [9.17, 15) is 8.42 Å². The molecule has 0 atom stereocenters. The average Bonchev–Trinajstić information content (AvgIpc) is 2.69. The lowest BCUT2D eigenvalue weighted by molar-refractivity contribution is 0.219. The molecule has 0 bridgehead atoms. The molecule has 4 nitrogen and oxygen atoms in total. The zero-order valence-corrected chi connectivity index (χ0v) is 14.6. The van der Waals surface area contributed by atoms with Gasteiger partial charge < -0.3 is 5.11 Å². The van der Waals surface area contributed by atoms with Crippen LogP contribution in [0.1, 0.15) is 31.6 Å². The molecule has 0 fully saturated rings. The first-order chi connectivity index (χ1) is 8.88. The lowest BCUT2D eigenvalue weighted by Crippen LogP contribution is -2.41. The minimum absolute atomic E-state index is 0.0739. The molecule has 110 valence electrons. The summed E-state index contributed by atoms with van der Waals surface area (Å²) in [7, 11) is -3.54. The van der Waals surface area contributed by atoms with Crippen LogP contribution in [0.3, 0.4) is 0 Å². The molecule has 0 saturated heterocycles. The summed E-state index contributed by atoms with van der Waals surface area (Å²) in [5.41, 5.74) is 0. The van der Waals surface area contributed by atoms with E-state index >= 15 is 0 Å². The average molecular weight is 370 g/mol. The molecule has 19 heavy (non-hydrogen) atoms. The van der Waals surface area contributed by atoms with E-state index in [4.69, 9.17) is 5.11 Å². The SMILES string of the molecule is CCC(CC)N(CCO)S(=O)(=O)c1cc(Br)sc1C. The summed E-state index contributed by atoms with van der Waals surface area (Å²) in [4.78, 5) is 1.10. The monoisotopic (exact) mass is 369 g/mol. The van der Waals surface area contributed by atoms with E-state index < -0.39 is 10.0 Å². The Bertz CT molecular complexity index is 509. The Balaban J connectivity index is 3.23. The van der Waals surface area contributed by atoms with Gasteiger partial charge in [-0.2, -0.15) is 4.31 Å². The third-order valence-electron chi connectivity index (χ3n) is 3.10. The van der Waals surface area contributed by atoms with Crippen molar-refractivity contribution in [3.63, 3.8) is 0 Å². The van der Waals surface area contributed by atoms with Gasteiger partial charge in [0.1, 0.15) is 0 Å². The highest BCUT2D eigenvalue weighted by atomic mass is 79.9. The molecule has 0 aliphatic rings. The fourth-order valence-electron chi connectivity index (χ4n) is 2.11. The number of hydrogen-bond acceptors (Lipinski definition) is 4. The largest absolute Gasteiger partial charge is 0.395 e. The fourth-order valence-corrected chi connectivity index (χ4v) is 6.26. The summed E-state index contributed by atoms with van der Waals surface area (Å²) >= 11 is 4.73. The number of nitrogens with zero attached hydrogens (tertiary/aromatic N) is 1. The van der Waals surface area contributed by atoms with Gasteiger partial charge in [0.25, 0.3) is 0 Å². The minimum atomic E-state index is -3.54. The molecule has 1 aromatic heterocycles. The standard InChI is InChI=1S/C12H20BrNO3S2/c1-4-10(5-2)14(6-7-15)19(16,17)11-8-12(13)18-9(11)3/h8,10,15H,4-7H2,1-3H3. The normalized spacial score (nSPS) is 12.6. The Morgan fingerprint density at radius 1 is 1.42 bits per heavy atom. The van der Waals surface area contributed by atoms with Crippen LogP contribution in [-0.4, -0.2) is 37.0 Å². The van der Waals surface area contributed by atoms with E-state index in [1.54, 1.807) is 13.0 Å². The zero-order chi connectivity index (χ0) is 14.6. The van der Waals surface area contributed by atoms with Gasteiger partial charge in [-0.15, -0.1) is 11.3 Å². The van der Waals surface area contributed by atoms with E-state index in [-0.39, 0.29) is 19.2 Å². The first kappa shape index (κ1) is 17.1. The second-order valence-electron chi connectivity index (χ2n) is 4.28. The number of sulfonamides is 1. The van der Waals surface area contributed by atoms with Crippen molar-refractivity contribution < 1.29 is 13.5 Å². The van der Waals surface area contributed by atoms with Crippen molar-refractivity contribution in [2.24, 2.45) is 0 Å². The van der Waals surface area contributed by atoms with Crippen molar-refractivity contribution in [2.45, 2.75) is 44.6 Å². The summed E-state index contributed by atoms with van der Waals surface area (Å²) in [5, 5.41) is 9.15. The van der Waals surface area contributed by atoms with Gasteiger partial charge in [0, 0.05) is 17.5 Å². The van der Waals surface area contributed by atoms with E-state index in [0.29, 0.717) is 4.90 Å². The van der Waals surface area contributed by atoms with Crippen molar-refractivity contribution in [3.8, 4) is 0 Å². The highest BCUT2D eigenvalue weighted by Gasteiger charge is 2.31. The van der Waals surface area contributed by atoms with Crippen LogP contribution in [0.15, 0.2) is 14.7 Å². The molecule has 0 aromatic carbocycles. The smallest absolute Gasteiger partial charge is 0.244 e. The van der Waals surface area contributed by atoms with Crippen LogP contribution in [0.25, 0.3) is 0 Å². The Morgan fingerprint density at radius 3 is 2.37 bits per heavy atom. The van der Waals surface area contributed by atoms with Crippen molar-refractivity contribution in [1.29, 1.82) is 0 Å². The van der Waals surface area contributed by atoms with Crippen molar-refractivity contribution >= 4 is 37.3 Å². The fraction of sp³-hybridized carbons (Fsp3) is 0.667. The van der Waals surface area contributed by atoms with Gasteiger partial charge in [-0.25, -0.2) is 8.42 Å². The molecular formula is C12H20BrNO3S2. The van der Waals surface area contributed by atoms with Crippen LogP contribution in [0, 0.1) is 6.92 Å². The quantitative estimate of drug-likeness (QED) is 0.803. The molecule has 1 rings (SSSR count). The van der Waals surface area contributed by atoms with Crippen LogP contribution >= 0.6 is 27.3 Å². The van der Waals surface area contributed by atoms with Gasteiger partial charge in [-0.3, -0.25) is 0 Å². The van der Waals surface area contributed by atoms with E-state index in [1.165, 1.54) is 15.6 Å². The molecule has 7 heteroatoms. The molecule has 1 aromatic rings. The molecule has 0 unspecified atom stereocenters. The summed E-state index contributed by atoms with van der Waals surface area (Å²) in [6, 6.07) is 1.57. The van der Waals surface area contributed by atoms with Gasteiger partial charge in [0.2, 0.25) is 10.0 Å². The van der Waals surface area contributed by atoms with Gasteiger partial charge in [-0.1, -0.05) is 13.8 Å². The third-order valence-corrected chi connectivity index (χ3v) is 6.86. The molecule has 1 heterocycles. The van der Waals surface area contributed by atoms with Crippen molar-refractivity contribution in [2.75, 3.05) is 13.2 Å². The first-order valence-corrected chi connectivity index (χ1v) is 9.32. The van der Waals surface area contributed by atoms with Crippen LogP contribution in [0.5, 0.6) is 0 Å². The second-order valence-corrected chi connectivity index (χ2v) is 8.78. The van der Waals surface area contributed by atoms with Crippen molar-refractivity contribution in [3.05, 3.63) is 14.7 Å². The molecule has 0 aliphatic heterocycles. The maximum absolute atomic E-state index is 12.7. The number of aliphatic hydroxyl groups is 1. The van der Waals surface area contributed by atoms with Gasteiger partial charge in [-0.05, 0) is 41.8 Å². The van der Waals surface area contributed by atoms with Crippen LogP contribution in [-0.2, 0) is 10.0 Å². The van der Waals surface area contributed by atoms with Crippen LogP contribution in [0.4, 0.5) is 0 Å². The third kappa shape index (κ3) is 3.78. The van der Waals surface area contributed by atoms with E-state index in [0.717, 1.165) is 21.5 Å². The summed E-state index contributed by atoms with van der Waals surface area (Å²) in [6.45, 7) is 5.70. The predicted molar refractivity (Wildman–Crippen MR) is 82.1 cm³/mol. The lowest BCUT2D eigenvalue weighted by atomic mass is 10.2. The van der Waals surface area contributed by atoms with Gasteiger partial charge in [0.15, 0.2) is 0 Å². The van der Waals surface area contributed by atoms with E-state index in [1.807, 2.05) is 13.8 Å². The lowest BCUT2D eigenvalue weighted by Gasteiger charge is -2.28. The summed E-state index contributed by atoms with van der Waals surface area (Å²) in [5.74, 6) is 0. The van der Waals surface area contributed by atoms with Crippen molar-refractivity contribution in [1.82, 2.24) is 4.31 Å². The Morgan fingerprint density at radius 2 is 2.00 bits per heavy atom. The molecule has 0 saturated carbocycles. The Kier molecular flexibility index (Phi) is 6.46. The molecule has 0 radical (unpaired) electrons. The number of aliphatic hydroxyl groups excluding tert-OH is 1. The summed E-state index contributed by atoms with van der Waals surface area (Å²) in [6.07, 6.45) is 1.47. The number of halogens is 1. The van der Waals surface area contributed by atoms with Crippen LogP contribution < -0.4 is 0 Å². The Labute approximate surface area is 127 Å². The Hall–Kier alpha value is 0.0500. The number of aryl methyl sites for hydroxylation is 1. The molecular weight excluding hydrogens is 350 g/mol. The summed E-state index contributed by atoms with van der Waals surface area (Å²) < 4.78 is 27.7. The molecule has 0 spiro atoms. The number of rotatable bonds is 7. The predicted octanol–water partition coefficient (Wildman–Crippen LogP) is 2.99. The number of thiophene rings is 1. The van der Waals surface area contributed by atoms with E-state index in [2.05, 4.69) is 15.9 Å². The second kappa shape index (κ2) is 7.17. The molecule has 0 aliphatic carbocycles. The maximum atomic E-state index is 12.7. The topological polar surface area (TPSA) is 57.6 Å². The first-order valence-electron chi connectivity index (χ1n) is 6.27. The highest BCUT2D eigenvalue weighted by Crippen LogP contribution is 2.32. The van der Waals surface area contributed by atoms with Crippen LogP contribution in [0.2, 0.25) is 0 Å². The van der Waals surface area contributed by atoms with Gasteiger partial charge >= 0.3 is 0 Å². The number of hydrogen-bond donors (Lipinski definition) is 1. The minimum Gasteiger partial charge on any atom is -0.395 e. The molecule has 1 N–H and O–H groups in total.